The van der Waals surface area contributed by atoms with Crippen molar-refractivity contribution in [2.24, 2.45) is 0 Å². The van der Waals surface area contributed by atoms with Crippen LogP contribution in [0.15, 0.2) is 114 Å². The first kappa shape index (κ1) is 19.1. The number of aromatic nitrogens is 1. The highest BCUT2D eigenvalue weighted by Crippen LogP contribution is 2.43. The van der Waals surface area contributed by atoms with Gasteiger partial charge in [-0.05, 0) is 65.8 Å². The Morgan fingerprint density at radius 3 is 2.29 bits per heavy atom. The molecule has 0 spiro atoms. The molecule has 7 aromatic rings. The summed E-state index contributed by atoms with van der Waals surface area (Å²) in [5.74, 6) is 0.703. The van der Waals surface area contributed by atoms with Gasteiger partial charge < -0.3 is 8.98 Å². The largest absolute Gasteiger partial charge is 0.454 e. The van der Waals surface area contributed by atoms with Gasteiger partial charge in [0.25, 0.3) is 0 Å². The third-order valence-corrected chi connectivity index (χ3v) is 7.56. The number of para-hydroxylation sites is 1. The quantitative estimate of drug-likeness (QED) is 0.263. The van der Waals surface area contributed by atoms with Crippen LogP contribution in [0.1, 0.15) is 24.3 Å². The number of hydrogen-bond donors (Lipinski definition) is 0. The van der Waals surface area contributed by atoms with E-state index in [1.54, 1.807) is 0 Å². The van der Waals surface area contributed by atoms with Crippen molar-refractivity contribution in [3.05, 3.63) is 115 Å². The molecule has 0 radical (unpaired) electrons. The summed E-state index contributed by atoms with van der Waals surface area (Å²) in [4.78, 5) is 0. The zero-order chi connectivity index (χ0) is 22.9. The lowest BCUT2D eigenvalue weighted by atomic mass is 10.0. The van der Waals surface area contributed by atoms with Crippen molar-refractivity contribution in [2.45, 2.75) is 18.8 Å². The fourth-order valence-corrected chi connectivity index (χ4v) is 5.69. The third-order valence-electron chi connectivity index (χ3n) is 7.56. The molecule has 1 fully saturated rings. The number of hydrogen-bond acceptors (Lipinski definition) is 1. The first-order valence-corrected chi connectivity index (χ1v) is 12.4. The lowest BCUT2D eigenvalue weighted by Crippen LogP contribution is -1.95. The molecule has 5 aromatic carbocycles. The van der Waals surface area contributed by atoms with Crippen LogP contribution >= 0.6 is 0 Å². The average molecular weight is 450 g/mol. The molecule has 0 unspecified atom stereocenters. The Balaban J connectivity index is 1.53. The lowest BCUT2D eigenvalue weighted by Gasteiger charge is -2.11. The van der Waals surface area contributed by atoms with E-state index < -0.39 is 0 Å². The first-order valence-electron chi connectivity index (χ1n) is 12.4. The number of nitrogens with zero attached hydrogens (tertiary/aromatic N) is 1. The lowest BCUT2D eigenvalue weighted by molar-refractivity contribution is 0.671. The molecule has 2 aromatic heterocycles. The number of fused-ring (bicyclic) bond motifs is 7. The molecule has 0 saturated heterocycles. The molecule has 8 rings (SSSR count). The van der Waals surface area contributed by atoms with Crippen LogP contribution in [-0.4, -0.2) is 4.57 Å². The SMILES string of the molecule is c1ccc(-c2ccc3c4ccc5c6ccccc6oc5c4n(-c4cccc(C5CC5)c4)c3c2)cc1. The van der Waals surface area contributed by atoms with Gasteiger partial charge in [0.2, 0.25) is 0 Å². The molecular formula is C33H23NO. The molecular weight excluding hydrogens is 426 g/mol. The van der Waals surface area contributed by atoms with Crippen molar-refractivity contribution in [1.82, 2.24) is 4.57 Å². The van der Waals surface area contributed by atoms with Gasteiger partial charge in [-0.25, -0.2) is 0 Å². The molecule has 35 heavy (non-hydrogen) atoms. The normalized spacial score (nSPS) is 13.9. The topological polar surface area (TPSA) is 18.1 Å². The van der Waals surface area contributed by atoms with Crippen LogP contribution in [0.3, 0.4) is 0 Å². The van der Waals surface area contributed by atoms with Crippen LogP contribution < -0.4 is 0 Å². The minimum absolute atomic E-state index is 0.703. The van der Waals surface area contributed by atoms with Crippen LogP contribution in [0.2, 0.25) is 0 Å². The summed E-state index contributed by atoms with van der Waals surface area (Å²) in [5, 5.41) is 4.80. The van der Waals surface area contributed by atoms with E-state index in [1.165, 1.54) is 56.9 Å². The minimum Gasteiger partial charge on any atom is -0.454 e. The van der Waals surface area contributed by atoms with Crippen molar-refractivity contribution < 1.29 is 4.42 Å². The molecule has 1 aliphatic carbocycles. The maximum atomic E-state index is 6.54. The van der Waals surface area contributed by atoms with Crippen LogP contribution in [0.5, 0.6) is 0 Å². The van der Waals surface area contributed by atoms with E-state index in [4.69, 9.17) is 4.42 Å². The van der Waals surface area contributed by atoms with Gasteiger partial charge in [-0.2, -0.15) is 0 Å². The van der Waals surface area contributed by atoms with Crippen LogP contribution in [-0.2, 0) is 0 Å². The summed E-state index contributed by atoms with van der Waals surface area (Å²) in [6, 6.07) is 39.4. The maximum Gasteiger partial charge on any atom is 0.160 e. The Morgan fingerprint density at radius 2 is 1.40 bits per heavy atom. The van der Waals surface area contributed by atoms with Crippen LogP contribution in [0.25, 0.3) is 60.6 Å². The first-order chi connectivity index (χ1) is 17.3. The number of rotatable bonds is 3. The van der Waals surface area contributed by atoms with Crippen molar-refractivity contribution in [1.29, 1.82) is 0 Å². The fraction of sp³-hybridized carbons (Fsp3) is 0.0909. The van der Waals surface area contributed by atoms with E-state index in [2.05, 4.69) is 108 Å². The Labute approximate surface area is 203 Å². The Kier molecular flexibility index (Phi) is 3.86. The van der Waals surface area contributed by atoms with Gasteiger partial charge in [0.15, 0.2) is 5.58 Å². The molecule has 166 valence electrons. The highest BCUT2D eigenvalue weighted by molar-refractivity contribution is 6.21. The highest BCUT2D eigenvalue weighted by atomic mass is 16.3. The summed E-state index contributed by atoms with van der Waals surface area (Å²) in [6.45, 7) is 0. The van der Waals surface area contributed by atoms with Gasteiger partial charge in [-0.3, -0.25) is 0 Å². The van der Waals surface area contributed by atoms with Gasteiger partial charge >= 0.3 is 0 Å². The van der Waals surface area contributed by atoms with E-state index in [1.807, 2.05) is 6.07 Å². The number of furan rings is 1. The van der Waals surface area contributed by atoms with Gasteiger partial charge in [0.05, 0.1) is 11.0 Å². The molecule has 0 amide bonds. The fourth-order valence-electron chi connectivity index (χ4n) is 5.69. The summed E-state index contributed by atoms with van der Waals surface area (Å²) >= 11 is 0. The molecule has 0 aliphatic heterocycles. The van der Waals surface area contributed by atoms with Gasteiger partial charge in [0, 0.05) is 27.2 Å². The van der Waals surface area contributed by atoms with Gasteiger partial charge in [-0.15, -0.1) is 0 Å². The molecule has 2 heterocycles. The molecule has 2 nitrogen and oxygen atoms in total. The summed E-state index contributed by atoms with van der Waals surface area (Å²) < 4.78 is 8.97. The van der Waals surface area contributed by atoms with Gasteiger partial charge in [0.1, 0.15) is 5.58 Å². The van der Waals surface area contributed by atoms with Crippen molar-refractivity contribution in [3.63, 3.8) is 0 Å². The zero-order valence-electron chi connectivity index (χ0n) is 19.2. The third kappa shape index (κ3) is 2.83. The smallest absolute Gasteiger partial charge is 0.160 e. The van der Waals surface area contributed by atoms with Crippen LogP contribution in [0.4, 0.5) is 0 Å². The van der Waals surface area contributed by atoms with E-state index >= 15 is 0 Å². The number of benzene rings is 5. The van der Waals surface area contributed by atoms with E-state index in [9.17, 15) is 0 Å². The second kappa shape index (κ2) is 7.10. The molecule has 0 atom stereocenters. The Bertz CT molecular complexity index is 1900. The van der Waals surface area contributed by atoms with Crippen molar-refractivity contribution >= 4 is 43.7 Å². The van der Waals surface area contributed by atoms with Gasteiger partial charge in [-0.1, -0.05) is 78.9 Å². The van der Waals surface area contributed by atoms with Crippen molar-refractivity contribution in [3.8, 4) is 16.8 Å². The van der Waals surface area contributed by atoms with Crippen molar-refractivity contribution in [2.75, 3.05) is 0 Å². The average Bonchev–Trinajstić information content (AvgIpc) is 3.62. The molecule has 1 saturated carbocycles. The molecule has 0 N–H and O–H groups in total. The maximum absolute atomic E-state index is 6.54. The predicted octanol–water partition coefficient (Wildman–Crippen LogP) is 9.23. The Hall–Kier alpha value is -4.30. The highest BCUT2D eigenvalue weighted by Gasteiger charge is 2.25. The monoisotopic (exact) mass is 449 g/mol. The Morgan fingerprint density at radius 1 is 0.600 bits per heavy atom. The predicted molar refractivity (Wildman–Crippen MR) is 145 cm³/mol. The van der Waals surface area contributed by atoms with Crippen LogP contribution in [0, 0.1) is 0 Å². The standard InChI is InChI=1S/C33H23NO/c1-2-7-21(8-3-1)24-15-16-26-28-17-18-29-27-11-4-5-12-31(27)35-33(29)32(28)34(30(26)20-24)25-10-6-9-23(19-25)22-13-14-22/h1-12,15-20,22H,13-14H2. The van der Waals surface area contributed by atoms with E-state index in [0.29, 0.717) is 5.92 Å². The molecule has 1 aliphatic rings. The second-order valence-electron chi connectivity index (χ2n) is 9.74. The second-order valence-corrected chi connectivity index (χ2v) is 9.74. The minimum atomic E-state index is 0.703. The summed E-state index contributed by atoms with van der Waals surface area (Å²) in [5.41, 5.74) is 9.34. The van der Waals surface area contributed by atoms with E-state index in [0.717, 1.165) is 22.1 Å². The molecule has 2 heteroatoms. The van der Waals surface area contributed by atoms with E-state index in [-0.39, 0.29) is 0 Å². The molecule has 0 bridgehead atoms. The summed E-state index contributed by atoms with van der Waals surface area (Å²) in [6.07, 6.45) is 2.59. The zero-order valence-corrected chi connectivity index (χ0v) is 19.2. The summed E-state index contributed by atoms with van der Waals surface area (Å²) in [7, 11) is 0.